The van der Waals surface area contributed by atoms with E-state index in [0.29, 0.717) is 18.2 Å². The topological polar surface area (TPSA) is 58.7 Å². The summed E-state index contributed by atoms with van der Waals surface area (Å²) in [5, 5.41) is 9.51. The second kappa shape index (κ2) is 5.48. The molecule has 0 saturated carbocycles. The third-order valence-corrected chi connectivity index (χ3v) is 3.63. The fourth-order valence-electron chi connectivity index (χ4n) is 2.63. The van der Waals surface area contributed by atoms with Gasteiger partial charge >= 0.3 is 0 Å². The van der Waals surface area contributed by atoms with E-state index < -0.39 is 0 Å². The number of nitrogens with two attached hydrogens (primary N) is 1. The molecule has 18 heavy (non-hydrogen) atoms. The standard InChI is InChI=1S/C14H22N2O2/c1-3-18-13-7-11(15)6-12(8-13)16-5-4-10(2)14(16)9-17/h6-8,10,14,17H,3-5,9,15H2,1-2H3. The molecule has 2 atom stereocenters. The number of hydrogen-bond donors (Lipinski definition) is 2. The molecule has 1 aromatic rings. The van der Waals surface area contributed by atoms with Crippen molar-refractivity contribution in [2.45, 2.75) is 26.3 Å². The van der Waals surface area contributed by atoms with Crippen molar-refractivity contribution in [2.75, 3.05) is 30.4 Å². The number of rotatable bonds is 4. The maximum atomic E-state index is 9.51. The van der Waals surface area contributed by atoms with Gasteiger partial charge in [0.05, 0.1) is 19.3 Å². The summed E-state index contributed by atoms with van der Waals surface area (Å²) in [5.41, 5.74) is 7.65. The highest BCUT2D eigenvalue weighted by atomic mass is 16.5. The van der Waals surface area contributed by atoms with Crippen molar-refractivity contribution in [3.63, 3.8) is 0 Å². The highest BCUT2D eigenvalue weighted by Crippen LogP contribution is 2.33. The average Bonchev–Trinajstić information content (AvgIpc) is 2.70. The van der Waals surface area contributed by atoms with Crippen LogP contribution < -0.4 is 15.4 Å². The zero-order valence-electron chi connectivity index (χ0n) is 11.1. The molecule has 0 spiro atoms. The van der Waals surface area contributed by atoms with E-state index in [0.717, 1.165) is 24.4 Å². The second-order valence-electron chi connectivity index (χ2n) is 4.90. The van der Waals surface area contributed by atoms with Crippen LogP contribution in [0.5, 0.6) is 5.75 Å². The molecule has 2 rings (SSSR count). The lowest BCUT2D eigenvalue weighted by Crippen LogP contribution is -2.35. The second-order valence-corrected chi connectivity index (χ2v) is 4.90. The van der Waals surface area contributed by atoms with Gasteiger partial charge in [-0.3, -0.25) is 0 Å². The van der Waals surface area contributed by atoms with Crippen LogP contribution in [0.4, 0.5) is 11.4 Å². The lowest BCUT2D eigenvalue weighted by atomic mass is 10.0. The van der Waals surface area contributed by atoms with Crippen LogP contribution in [0, 0.1) is 5.92 Å². The predicted octanol–water partition coefficient (Wildman–Crippen LogP) is 1.87. The van der Waals surface area contributed by atoms with Gasteiger partial charge in [0.1, 0.15) is 5.75 Å². The average molecular weight is 250 g/mol. The summed E-state index contributed by atoms with van der Waals surface area (Å²) in [6, 6.07) is 5.96. The number of hydrogen-bond acceptors (Lipinski definition) is 4. The Morgan fingerprint density at radius 3 is 2.89 bits per heavy atom. The molecule has 3 N–H and O–H groups in total. The maximum absolute atomic E-state index is 9.51. The van der Waals surface area contributed by atoms with Crippen molar-refractivity contribution in [3.8, 4) is 5.75 Å². The van der Waals surface area contributed by atoms with Crippen molar-refractivity contribution in [1.29, 1.82) is 0 Å². The maximum Gasteiger partial charge on any atom is 0.123 e. The number of aliphatic hydroxyl groups excluding tert-OH is 1. The van der Waals surface area contributed by atoms with Crippen LogP contribution in [-0.4, -0.2) is 30.9 Å². The number of ether oxygens (including phenoxy) is 1. The molecular weight excluding hydrogens is 228 g/mol. The molecule has 0 amide bonds. The predicted molar refractivity (Wildman–Crippen MR) is 74.0 cm³/mol. The SMILES string of the molecule is CCOc1cc(N)cc(N2CCC(C)C2CO)c1. The lowest BCUT2D eigenvalue weighted by Gasteiger charge is -2.28. The molecule has 1 aromatic carbocycles. The summed E-state index contributed by atoms with van der Waals surface area (Å²) in [6.45, 7) is 5.90. The Bertz CT molecular complexity index is 409. The van der Waals surface area contributed by atoms with Crippen LogP contribution in [0.25, 0.3) is 0 Å². The molecule has 0 aromatic heterocycles. The lowest BCUT2D eigenvalue weighted by molar-refractivity contribution is 0.244. The van der Waals surface area contributed by atoms with Crippen LogP contribution in [-0.2, 0) is 0 Å². The van der Waals surface area contributed by atoms with E-state index in [2.05, 4.69) is 11.8 Å². The van der Waals surface area contributed by atoms with Gasteiger partial charge in [-0.15, -0.1) is 0 Å². The third-order valence-electron chi connectivity index (χ3n) is 3.63. The van der Waals surface area contributed by atoms with Crippen LogP contribution in [0.15, 0.2) is 18.2 Å². The zero-order chi connectivity index (χ0) is 13.1. The molecule has 1 aliphatic heterocycles. The molecule has 4 nitrogen and oxygen atoms in total. The van der Waals surface area contributed by atoms with E-state index in [4.69, 9.17) is 10.5 Å². The fourth-order valence-corrected chi connectivity index (χ4v) is 2.63. The summed E-state index contributed by atoms with van der Waals surface area (Å²) in [4.78, 5) is 2.23. The first-order valence-corrected chi connectivity index (χ1v) is 6.56. The van der Waals surface area contributed by atoms with Crippen molar-refractivity contribution < 1.29 is 9.84 Å². The van der Waals surface area contributed by atoms with E-state index in [9.17, 15) is 5.11 Å². The first-order chi connectivity index (χ1) is 8.65. The van der Waals surface area contributed by atoms with Crippen molar-refractivity contribution in [1.82, 2.24) is 0 Å². The summed E-state index contributed by atoms with van der Waals surface area (Å²) in [6.07, 6.45) is 1.10. The number of benzene rings is 1. The Balaban J connectivity index is 2.27. The Morgan fingerprint density at radius 1 is 1.44 bits per heavy atom. The van der Waals surface area contributed by atoms with E-state index in [-0.39, 0.29) is 12.6 Å². The normalized spacial score (nSPS) is 23.4. The smallest absolute Gasteiger partial charge is 0.123 e. The Kier molecular flexibility index (Phi) is 3.97. The van der Waals surface area contributed by atoms with E-state index >= 15 is 0 Å². The number of nitrogen functional groups attached to an aromatic ring is 1. The number of aliphatic hydroxyl groups is 1. The monoisotopic (exact) mass is 250 g/mol. The van der Waals surface area contributed by atoms with Crippen molar-refractivity contribution in [2.24, 2.45) is 5.92 Å². The minimum Gasteiger partial charge on any atom is -0.494 e. The fraction of sp³-hybridized carbons (Fsp3) is 0.571. The summed E-state index contributed by atoms with van der Waals surface area (Å²) < 4.78 is 5.51. The Labute approximate surface area is 108 Å². The van der Waals surface area contributed by atoms with Crippen LogP contribution in [0.2, 0.25) is 0 Å². The highest BCUT2D eigenvalue weighted by molar-refractivity contribution is 5.61. The van der Waals surface area contributed by atoms with Gasteiger partial charge in [0.25, 0.3) is 0 Å². The van der Waals surface area contributed by atoms with Crippen LogP contribution in [0.3, 0.4) is 0 Å². The summed E-state index contributed by atoms with van der Waals surface area (Å²) in [5.74, 6) is 1.30. The largest absolute Gasteiger partial charge is 0.494 e. The molecule has 1 saturated heterocycles. The minimum atomic E-state index is 0.180. The van der Waals surface area contributed by atoms with Gasteiger partial charge in [0, 0.05) is 30.1 Å². The minimum absolute atomic E-state index is 0.180. The molecule has 100 valence electrons. The summed E-state index contributed by atoms with van der Waals surface area (Å²) >= 11 is 0. The van der Waals surface area contributed by atoms with Crippen molar-refractivity contribution in [3.05, 3.63) is 18.2 Å². The van der Waals surface area contributed by atoms with E-state index in [1.165, 1.54) is 0 Å². The van der Waals surface area contributed by atoms with Gasteiger partial charge in [0.2, 0.25) is 0 Å². The van der Waals surface area contributed by atoms with Crippen LogP contribution >= 0.6 is 0 Å². The Morgan fingerprint density at radius 2 is 2.22 bits per heavy atom. The molecule has 1 fully saturated rings. The van der Waals surface area contributed by atoms with Crippen molar-refractivity contribution >= 4 is 11.4 Å². The van der Waals surface area contributed by atoms with Gasteiger partial charge in [-0.05, 0) is 25.3 Å². The molecule has 0 aliphatic carbocycles. The molecule has 1 aliphatic rings. The number of anilines is 2. The first-order valence-electron chi connectivity index (χ1n) is 6.56. The van der Waals surface area contributed by atoms with Gasteiger partial charge in [-0.2, -0.15) is 0 Å². The molecule has 1 heterocycles. The summed E-state index contributed by atoms with van der Waals surface area (Å²) in [7, 11) is 0. The number of nitrogens with zero attached hydrogens (tertiary/aromatic N) is 1. The molecule has 0 radical (unpaired) electrons. The quantitative estimate of drug-likeness (QED) is 0.801. The molecule has 0 bridgehead atoms. The van der Waals surface area contributed by atoms with Gasteiger partial charge in [-0.1, -0.05) is 6.92 Å². The van der Waals surface area contributed by atoms with E-state index in [1.54, 1.807) is 0 Å². The third kappa shape index (κ3) is 2.53. The molecular formula is C14H22N2O2. The molecule has 2 unspecified atom stereocenters. The zero-order valence-corrected chi connectivity index (χ0v) is 11.1. The van der Waals surface area contributed by atoms with Gasteiger partial charge in [0.15, 0.2) is 0 Å². The first kappa shape index (κ1) is 13.0. The van der Waals surface area contributed by atoms with Gasteiger partial charge < -0.3 is 20.5 Å². The van der Waals surface area contributed by atoms with E-state index in [1.807, 2.05) is 25.1 Å². The Hall–Kier alpha value is -1.42. The van der Waals surface area contributed by atoms with Crippen LogP contribution in [0.1, 0.15) is 20.3 Å². The molecule has 4 heteroatoms. The van der Waals surface area contributed by atoms with Gasteiger partial charge in [-0.25, -0.2) is 0 Å². The highest BCUT2D eigenvalue weighted by Gasteiger charge is 2.30.